The maximum Gasteiger partial charge on any atom is 0.244 e. The normalized spacial score (nSPS) is 12.0. The fourth-order valence-corrected chi connectivity index (χ4v) is 3.92. The lowest BCUT2D eigenvalue weighted by molar-refractivity contribution is -0.139. The second-order valence-electron chi connectivity index (χ2n) is 7.19. The SMILES string of the molecule is CCNC(=O)[C@@H](C)N(Cc1ccc(OC)cc1)C(=O)CN(c1cccc(F)c1)S(C)(=O)=O. The van der Waals surface area contributed by atoms with Crippen LogP contribution < -0.4 is 14.4 Å². The number of nitrogens with one attached hydrogen (secondary N) is 1. The molecule has 0 fully saturated rings. The smallest absolute Gasteiger partial charge is 0.244 e. The molecule has 0 radical (unpaired) electrons. The van der Waals surface area contributed by atoms with Gasteiger partial charge < -0.3 is 15.0 Å². The summed E-state index contributed by atoms with van der Waals surface area (Å²) in [6.07, 6.45) is 0.937. The number of carbonyl (C=O) groups is 2. The van der Waals surface area contributed by atoms with Crippen LogP contribution in [-0.4, -0.2) is 57.6 Å². The molecule has 0 saturated carbocycles. The van der Waals surface area contributed by atoms with Gasteiger partial charge >= 0.3 is 0 Å². The van der Waals surface area contributed by atoms with Gasteiger partial charge in [0.25, 0.3) is 0 Å². The van der Waals surface area contributed by atoms with Crippen LogP contribution in [0.5, 0.6) is 5.75 Å². The van der Waals surface area contributed by atoms with Gasteiger partial charge in [-0.25, -0.2) is 12.8 Å². The molecule has 0 aliphatic heterocycles. The van der Waals surface area contributed by atoms with Gasteiger partial charge in [0.2, 0.25) is 21.8 Å². The summed E-state index contributed by atoms with van der Waals surface area (Å²) in [6, 6.07) is 11.1. The Bertz CT molecular complexity index is 1040. The Morgan fingerprint density at radius 2 is 1.81 bits per heavy atom. The third kappa shape index (κ3) is 6.68. The Kier molecular flexibility index (Phi) is 8.59. The van der Waals surface area contributed by atoms with Gasteiger partial charge in [-0.3, -0.25) is 13.9 Å². The number of carbonyl (C=O) groups excluding carboxylic acids is 2. The van der Waals surface area contributed by atoms with Crippen LogP contribution in [0.1, 0.15) is 19.4 Å². The summed E-state index contributed by atoms with van der Waals surface area (Å²) in [5.41, 5.74) is 0.753. The van der Waals surface area contributed by atoms with Crippen molar-refractivity contribution in [3.8, 4) is 5.75 Å². The van der Waals surface area contributed by atoms with E-state index in [9.17, 15) is 22.4 Å². The lowest BCUT2D eigenvalue weighted by atomic mass is 10.1. The highest BCUT2D eigenvalue weighted by atomic mass is 32.2. The van der Waals surface area contributed by atoms with Gasteiger partial charge in [-0.1, -0.05) is 18.2 Å². The zero-order chi connectivity index (χ0) is 23.9. The highest BCUT2D eigenvalue weighted by Crippen LogP contribution is 2.20. The van der Waals surface area contributed by atoms with Crippen LogP contribution in [0.15, 0.2) is 48.5 Å². The van der Waals surface area contributed by atoms with Gasteiger partial charge in [-0.2, -0.15) is 0 Å². The first-order chi connectivity index (χ1) is 15.1. The zero-order valence-corrected chi connectivity index (χ0v) is 19.4. The van der Waals surface area contributed by atoms with Gasteiger partial charge in [0.15, 0.2) is 0 Å². The lowest BCUT2D eigenvalue weighted by Gasteiger charge is -2.31. The highest BCUT2D eigenvalue weighted by molar-refractivity contribution is 7.92. The first kappa shape index (κ1) is 25.1. The summed E-state index contributed by atoms with van der Waals surface area (Å²) >= 11 is 0. The molecule has 0 bridgehead atoms. The zero-order valence-electron chi connectivity index (χ0n) is 18.5. The Labute approximate surface area is 188 Å². The van der Waals surface area contributed by atoms with Crippen molar-refractivity contribution < 1.29 is 27.1 Å². The Morgan fingerprint density at radius 3 is 2.34 bits per heavy atom. The Balaban J connectivity index is 2.36. The monoisotopic (exact) mass is 465 g/mol. The summed E-state index contributed by atoms with van der Waals surface area (Å²) in [7, 11) is -2.36. The van der Waals surface area contributed by atoms with E-state index in [2.05, 4.69) is 5.32 Å². The number of ether oxygens (including phenoxy) is 1. The minimum atomic E-state index is -3.90. The minimum Gasteiger partial charge on any atom is -0.497 e. The predicted molar refractivity (Wildman–Crippen MR) is 120 cm³/mol. The molecule has 0 aromatic heterocycles. The van der Waals surface area contributed by atoms with Crippen molar-refractivity contribution in [2.75, 3.05) is 30.8 Å². The number of anilines is 1. The molecule has 8 nitrogen and oxygen atoms in total. The van der Waals surface area contributed by atoms with Crippen LogP contribution in [-0.2, 0) is 26.2 Å². The average Bonchev–Trinajstić information content (AvgIpc) is 2.75. The molecule has 174 valence electrons. The molecule has 0 aliphatic rings. The molecule has 0 heterocycles. The predicted octanol–water partition coefficient (Wildman–Crippen LogP) is 2.15. The minimum absolute atomic E-state index is 0.0240. The Hall–Kier alpha value is -3.14. The number of nitrogens with zero attached hydrogens (tertiary/aromatic N) is 2. The molecule has 2 amide bonds. The van der Waals surface area contributed by atoms with E-state index >= 15 is 0 Å². The van der Waals surface area contributed by atoms with E-state index in [1.807, 2.05) is 0 Å². The van der Waals surface area contributed by atoms with E-state index in [0.717, 1.165) is 22.2 Å². The van der Waals surface area contributed by atoms with E-state index < -0.39 is 34.3 Å². The molecular weight excluding hydrogens is 437 g/mol. The summed E-state index contributed by atoms with van der Waals surface area (Å²) in [6.45, 7) is 3.20. The number of rotatable bonds is 10. The highest BCUT2D eigenvalue weighted by Gasteiger charge is 2.30. The number of halogens is 1. The van der Waals surface area contributed by atoms with Crippen LogP contribution >= 0.6 is 0 Å². The maximum atomic E-state index is 13.7. The van der Waals surface area contributed by atoms with Crippen LogP contribution in [0.25, 0.3) is 0 Å². The number of hydrogen-bond acceptors (Lipinski definition) is 5. The molecule has 0 spiro atoms. The topological polar surface area (TPSA) is 96.0 Å². The molecule has 0 saturated heterocycles. The molecule has 2 rings (SSSR count). The van der Waals surface area contributed by atoms with Gasteiger partial charge in [0.05, 0.1) is 19.1 Å². The summed E-state index contributed by atoms with van der Waals surface area (Å²) in [5, 5.41) is 2.67. The number of sulfonamides is 1. The third-order valence-corrected chi connectivity index (χ3v) is 5.95. The molecule has 0 unspecified atom stereocenters. The molecule has 1 atom stereocenters. The van der Waals surface area contributed by atoms with E-state index in [1.54, 1.807) is 38.1 Å². The standard InChI is InChI=1S/C22H28FN3O5S/c1-5-24-22(28)16(2)25(14-17-9-11-20(31-3)12-10-17)21(27)15-26(32(4,29)30)19-8-6-7-18(23)13-19/h6-13,16H,5,14-15H2,1-4H3,(H,24,28)/t16-/m1/s1. The second-order valence-corrected chi connectivity index (χ2v) is 9.10. The number of methoxy groups -OCH3 is 1. The van der Waals surface area contributed by atoms with Crippen LogP contribution in [0.2, 0.25) is 0 Å². The second kappa shape index (κ2) is 10.9. The van der Waals surface area contributed by atoms with Crippen molar-refractivity contribution in [1.82, 2.24) is 10.2 Å². The first-order valence-corrected chi connectivity index (χ1v) is 11.8. The first-order valence-electron chi connectivity index (χ1n) is 10.00. The van der Waals surface area contributed by atoms with Gasteiger partial charge in [-0.05, 0) is 49.7 Å². The molecule has 0 aliphatic carbocycles. The molecule has 10 heteroatoms. The Morgan fingerprint density at radius 1 is 1.16 bits per heavy atom. The van der Waals surface area contributed by atoms with Crippen LogP contribution in [0.3, 0.4) is 0 Å². The largest absolute Gasteiger partial charge is 0.497 e. The molecular formula is C22H28FN3O5S. The summed E-state index contributed by atoms with van der Waals surface area (Å²) in [4.78, 5) is 27.0. The fourth-order valence-electron chi connectivity index (χ4n) is 3.08. The lowest BCUT2D eigenvalue weighted by Crippen LogP contribution is -2.51. The maximum absolute atomic E-state index is 13.7. The van der Waals surface area contributed by atoms with Crippen molar-refractivity contribution in [3.05, 3.63) is 59.9 Å². The van der Waals surface area contributed by atoms with Gasteiger partial charge in [0, 0.05) is 13.1 Å². The van der Waals surface area contributed by atoms with Gasteiger partial charge in [0.1, 0.15) is 24.2 Å². The fraction of sp³-hybridized carbons (Fsp3) is 0.364. The van der Waals surface area contributed by atoms with Crippen molar-refractivity contribution in [1.29, 1.82) is 0 Å². The van der Waals surface area contributed by atoms with E-state index in [1.165, 1.54) is 30.2 Å². The van der Waals surface area contributed by atoms with Crippen LogP contribution in [0.4, 0.5) is 10.1 Å². The van der Waals surface area contributed by atoms with Crippen molar-refractivity contribution in [2.24, 2.45) is 0 Å². The number of amides is 2. The summed E-state index contributed by atoms with van der Waals surface area (Å²) < 4.78 is 44.4. The quantitative estimate of drug-likeness (QED) is 0.580. The van der Waals surface area contributed by atoms with E-state index in [4.69, 9.17) is 4.74 Å². The molecule has 2 aromatic rings. The van der Waals surface area contributed by atoms with E-state index in [0.29, 0.717) is 12.3 Å². The molecule has 32 heavy (non-hydrogen) atoms. The van der Waals surface area contributed by atoms with Crippen molar-refractivity contribution in [3.63, 3.8) is 0 Å². The number of hydrogen-bond donors (Lipinski definition) is 1. The number of likely N-dealkylation sites (N-methyl/N-ethyl adjacent to an activating group) is 1. The number of benzene rings is 2. The van der Waals surface area contributed by atoms with Gasteiger partial charge in [-0.15, -0.1) is 0 Å². The molecule has 1 N–H and O–H groups in total. The third-order valence-electron chi connectivity index (χ3n) is 4.81. The van der Waals surface area contributed by atoms with Crippen molar-refractivity contribution >= 4 is 27.5 Å². The van der Waals surface area contributed by atoms with E-state index in [-0.39, 0.29) is 18.1 Å². The summed E-state index contributed by atoms with van der Waals surface area (Å²) in [5.74, 6) is -0.965. The average molecular weight is 466 g/mol. The van der Waals surface area contributed by atoms with Crippen molar-refractivity contribution in [2.45, 2.75) is 26.4 Å². The van der Waals surface area contributed by atoms with Crippen LogP contribution in [0, 0.1) is 5.82 Å². The molecule has 2 aromatic carbocycles.